The monoisotopic (exact) mass is 348 g/mol. The first-order chi connectivity index (χ1) is 11.1. The predicted octanol–water partition coefficient (Wildman–Crippen LogP) is 1.55. The first-order valence-corrected chi connectivity index (χ1v) is 6.58. The van der Waals surface area contributed by atoms with Gasteiger partial charge in [-0.15, -0.1) is 0 Å². The number of esters is 1. The van der Waals surface area contributed by atoms with Gasteiger partial charge < -0.3 is 14.8 Å². The molecule has 3 amide bonds. The van der Waals surface area contributed by atoms with Crippen LogP contribution in [-0.2, 0) is 9.53 Å². The third-order valence-corrected chi connectivity index (χ3v) is 2.61. The van der Waals surface area contributed by atoms with Gasteiger partial charge in [-0.2, -0.15) is 13.2 Å². The number of benzene rings is 1. The highest BCUT2D eigenvalue weighted by Crippen LogP contribution is 2.20. The van der Waals surface area contributed by atoms with E-state index in [1.807, 2.05) is 0 Å². The predicted molar refractivity (Wildman–Crippen MR) is 75.6 cm³/mol. The highest BCUT2D eigenvalue weighted by molar-refractivity contribution is 5.97. The highest BCUT2D eigenvalue weighted by atomic mass is 19.4. The number of methoxy groups -OCH3 is 1. The van der Waals surface area contributed by atoms with Gasteiger partial charge in [-0.1, -0.05) is 11.6 Å². The fraction of sp³-hybridized carbons (Fsp3) is 0.357. The molecule has 0 saturated carbocycles. The maximum Gasteiger partial charge on any atom is 0.405 e. The van der Waals surface area contributed by atoms with Crippen LogP contribution < -0.4 is 15.4 Å². The van der Waals surface area contributed by atoms with E-state index in [1.165, 1.54) is 24.6 Å². The molecule has 0 radical (unpaired) electrons. The van der Waals surface area contributed by atoms with Crippen molar-refractivity contribution in [3.05, 3.63) is 29.3 Å². The Morgan fingerprint density at radius 3 is 2.46 bits per heavy atom. The summed E-state index contributed by atoms with van der Waals surface area (Å²) >= 11 is 0. The average molecular weight is 348 g/mol. The zero-order valence-corrected chi connectivity index (χ0v) is 12.8. The summed E-state index contributed by atoms with van der Waals surface area (Å²) in [4.78, 5) is 34.3. The van der Waals surface area contributed by atoms with E-state index < -0.39 is 37.2 Å². The number of halogens is 3. The van der Waals surface area contributed by atoms with Gasteiger partial charge in [-0.25, -0.2) is 9.59 Å². The highest BCUT2D eigenvalue weighted by Gasteiger charge is 2.28. The second kappa shape index (κ2) is 8.18. The quantitative estimate of drug-likeness (QED) is 0.788. The van der Waals surface area contributed by atoms with E-state index in [0.29, 0.717) is 0 Å². The van der Waals surface area contributed by atoms with Crippen LogP contribution in [0.15, 0.2) is 18.2 Å². The molecule has 24 heavy (non-hydrogen) atoms. The lowest BCUT2D eigenvalue weighted by Gasteiger charge is -2.10. The number of amides is 3. The molecule has 132 valence electrons. The fourth-order valence-corrected chi connectivity index (χ4v) is 1.58. The summed E-state index contributed by atoms with van der Waals surface area (Å²) in [6, 6.07) is 3.38. The van der Waals surface area contributed by atoms with E-state index in [1.54, 1.807) is 18.3 Å². The molecule has 1 rings (SSSR count). The normalized spacial score (nSPS) is 10.7. The first kappa shape index (κ1) is 19.3. The smallest absolute Gasteiger partial charge is 0.405 e. The SMILES string of the molecule is COc1ccc(C)cc1C(=O)OCC(=O)NC(=O)NCC(F)(F)F. The number of hydrogen-bond acceptors (Lipinski definition) is 5. The van der Waals surface area contributed by atoms with Crippen LogP contribution in [0.25, 0.3) is 0 Å². The second-order valence-electron chi connectivity index (χ2n) is 4.63. The van der Waals surface area contributed by atoms with Gasteiger partial charge in [0, 0.05) is 0 Å². The summed E-state index contributed by atoms with van der Waals surface area (Å²) in [5.74, 6) is -1.72. The maximum absolute atomic E-state index is 11.9. The average Bonchev–Trinajstić information content (AvgIpc) is 2.50. The fourth-order valence-electron chi connectivity index (χ4n) is 1.58. The zero-order chi connectivity index (χ0) is 18.3. The van der Waals surface area contributed by atoms with E-state index in [-0.39, 0.29) is 11.3 Å². The lowest BCUT2D eigenvalue weighted by molar-refractivity contribution is -0.125. The number of alkyl halides is 3. The molecule has 0 heterocycles. The third kappa shape index (κ3) is 6.55. The van der Waals surface area contributed by atoms with Crippen molar-refractivity contribution in [1.29, 1.82) is 0 Å². The van der Waals surface area contributed by atoms with Crippen LogP contribution in [0.2, 0.25) is 0 Å². The molecule has 0 fully saturated rings. The van der Waals surface area contributed by atoms with Gasteiger partial charge in [0.05, 0.1) is 7.11 Å². The molecule has 0 aliphatic rings. The van der Waals surface area contributed by atoms with Crippen LogP contribution >= 0.6 is 0 Å². The van der Waals surface area contributed by atoms with E-state index in [9.17, 15) is 27.6 Å². The molecule has 0 aliphatic carbocycles. The molecule has 0 bridgehead atoms. The zero-order valence-electron chi connectivity index (χ0n) is 12.8. The second-order valence-corrected chi connectivity index (χ2v) is 4.63. The largest absolute Gasteiger partial charge is 0.496 e. The number of nitrogens with one attached hydrogen (secondary N) is 2. The van der Waals surface area contributed by atoms with E-state index in [0.717, 1.165) is 5.56 Å². The Morgan fingerprint density at radius 2 is 1.88 bits per heavy atom. The van der Waals surface area contributed by atoms with Crippen molar-refractivity contribution in [1.82, 2.24) is 10.6 Å². The number of urea groups is 1. The summed E-state index contributed by atoms with van der Waals surface area (Å²) in [5.41, 5.74) is 0.825. The minimum Gasteiger partial charge on any atom is -0.496 e. The van der Waals surface area contributed by atoms with Crippen LogP contribution in [0, 0.1) is 6.92 Å². The molecule has 1 aromatic carbocycles. The van der Waals surface area contributed by atoms with Gasteiger partial charge in [-0.3, -0.25) is 10.1 Å². The van der Waals surface area contributed by atoms with Gasteiger partial charge in [0.1, 0.15) is 17.9 Å². The summed E-state index contributed by atoms with van der Waals surface area (Å²) in [7, 11) is 1.35. The maximum atomic E-state index is 11.9. The lowest BCUT2D eigenvalue weighted by atomic mass is 10.1. The summed E-state index contributed by atoms with van der Waals surface area (Å²) < 4.78 is 45.4. The van der Waals surface area contributed by atoms with Crippen molar-refractivity contribution >= 4 is 17.9 Å². The molecule has 0 spiro atoms. The van der Waals surface area contributed by atoms with Crippen molar-refractivity contribution in [2.45, 2.75) is 13.1 Å². The summed E-state index contributed by atoms with van der Waals surface area (Å²) in [5, 5.41) is 3.04. The number of carbonyl (C=O) groups is 3. The summed E-state index contributed by atoms with van der Waals surface area (Å²) in [6.07, 6.45) is -4.60. The number of imide groups is 1. The Kier molecular flexibility index (Phi) is 6.57. The number of ether oxygens (including phenoxy) is 2. The van der Waals surface area contributed by atoms with Crippen LogP contribution in [-0.4, -0.2) is 44.3 Å². The van der Waals surface area contributed by atoms with E-state index in [2.05, 4.69) is 0 Å². The van der Waals surface area contributed by atoms with Gasteiger partial charge in [0.2, 0.25) is 0 Å². The Balaban J connectivity index is 2.51. The Labute approximate surface area is 135 Å². The molecular formula is C14H15F3N2O5. The molecule has 0 aliphatic heterocycles. The summed E-state index contributed by atoms with van der Waals surface area (Å²) in [6.45, 7) is -0.699. The molecule has 0 atom stereocenters. The van der Waals surface area contributed by atoms with Gasteiger partial charge in [-0.05, 0) is 19.1 Å². The van der Waals surface area contributed by atoms with Gasteiger partial charge >= 0.3 is 18.2 Å². The number of carbonyl (C=O) groups excluding carboxylic acids is 3. The van der Waals surface area contributed by atoms with Crippen LogP contribution in [0.3, 0.4) is 0 Å². The molecule has 0 aromatic heterocycles. The minimum absolute atomic E-state index is 0.0758. The third-order valence-electron chi connectivity index (χ3n) is 2.61. The Bertz CT molecular complexity index is 631. The minimum atomic E-state index is -4.60. The van der Waals surface area contributed by atoms with Crippen molar-refractivity contribution in [2.75, 3.05) is 20.3 Å². The topological polar surface area (TPSA) is 93.7 Å². The standard InChI is InChI=1S/C14H15F3N2O5/c1-8-3-4-10(23-2)9(5-8)12(21)24-6-11(20)19-13(22)18-7-14(15,16)17/h3-5H,6-7H2,1-2H3,(H2,18,19,20,22). The van der Waals surface area contributed by atoms with Gasteiger partial charge in [0.25, 0.3) is 5.91 Å². The number of hydrogen-bond donors (Lipinski definition) is 2. The first-order valence-electron chi connectivity index (χ1n) is 6.58. The molecule has 2 N–H and O–H groups in total. The van der Waals surface area contributed by atoms with Crippen molar-refractivity contribution in [3.63, 3.8) is 0 Å². The van der Waals surface area contributed by atoms with Crippen LogP contribution in [0.1, 0.15) is 15.9 Å². The molecular weight excluding hydrogens is 333 g/mol. The van der Waals surface area contributed by atoms with E-state index >= 15 is 0 Å². The van der Waals surface area contributed by atoms with Crippen LogP contribution in [0.4, 0.5) is 18.0 Å². The van der Waals surface area contributed by atoms with Crippen molar-refractivity contribution in [3.8, 4) is 5.75 Å². The Hall–Kier alpha value is -2.78. The Morgan fingerprint density at radius 1 is 1.21 bits per heavy atom. The molecule has 0 unspecified atom stereocenters. The molecule has 1 aromatic rings. The molecule has 10 heteroatoms. The van der Waals surface area contributed by atoms with E-state index in [4.69, 9.17) is 9.47 Å². The number of rotatable bonds is 5. The number of aryl methyl sites for hydroxylation is 1. The molecule has 0 saturated heterocycles. The molecule has 7 nitrogen and oxygen atoms in total. The van der Waals surface area contributed by atoms with Crippen molar-refractivity contribution < 1.29 is 37.0 Å². The van der Waals surface area contributed by atoms with Crippen LogP contribution in [0.5, 0.6) is 5.75 Å². The van der Waals surface area contributed by atoms with Gasteiger partial charge in [0.15, 0.2) is 6.61 Å². The lowest BCUT2D eigenvalue weighted by Crippen LogP contribution is -2.44. The van der Waals surface area contributed by atoms with Crippen molar-refractivity contribution in [2.24, 2.45) is 0 Å².